The summed E-state index contributed by atoms with van der Waals surface area (Å²) in [7, 11) is -2.04. The van der Waals surface area contributed by atoms with Gasteiger partial charge in [-0.25, -0.2) is 18.4 Å². The number of hydrogen-bond donors (Lipinski definition) is 2. The van der Waals surface area contributed by atoms with Crippen molar-refractivity contribution in [3.8, 4) is 5.88 Å². The van der Waals surface area contributed by atoms with Crippen molar-refractivity contribution in [2.24, 2.45) is 5.16 Å². The Labute approximate surface area is 207 Å². The number of hydrogen-bond acceptors (Lipinski definition) is 11. The molecule has 1 aliphatic heterocycles. The highest BCUT2D eigenvalue weighted by Gasteiger charge is 2.31. The van der Waals surface area contributed by atoms with Crippen molar-refractivity contribution in [3.05, 3.63) is 42.0 Å². The summed E-state index contributed by atoms with van der Waals surface area (Å²) in [5.41, 5.74) is 0.879. The minimum atomic E-state index is -3.54. The minimum absolute atomic E-state index is 0. The van der Waals surface area contributed by atoms with Gasteiger partial charge in [0.25, 0.3) is 5.91 Å². The second kappa shape index (κ2) is 11.1. The quantitative estimate of drug-likeness (QED) is 0.232. The van der Waals surface area contributed by atoms with Gasteiger partial charge in [0.1, 0.15) is 17.0 Å². The van der Waals surface area contributed by atoms with Crippen LogP contribution >= 0.6 is 11.3 Å². The van der Waals surface area contributed by atoms with E-state index in [0.29, 0.717) is 46.4 Å². The molecule has 1 saturated heterocycles. The largest absolute Gasteiger partial charge is 0.481 e. The van der Waals surface area contributed by atoms with E-state index >= 15 is 0 Å². The lowest BCUT2D eigenvalue weighted by atomic mass is 10.1. The van der Waals surface area contributed by atoms with Gasteiger partial charge in [-0.15, -0.1) is 0 Å². The van der Waals surface area contributed by atoms with Crippen LogP contribution in [0.4, 0.5) is 5.13 Å². The van der Waals surface area contributed by atoms with Crippen molar-refractivity contribution in [2.75, 3.05) is 38.9 Å². The maximum atomic E-state index is 13.1. The number of anilines is 1. The lowest BCUT2D eigenvalue weighted by molar-refractivity contribution is -0.110. The molecule has 2 aromatic heterocycles. The Morgan fingerprint density at radius 3 is 2.77 bits per heavy atom. The van der Waals surface area contributed by atoms with E-state index in [2.05, 4.69) is 20.4 Å². The number of rotatable bonds is 10. The number of thiazole rings is 1. The average molecular weight is 523 g/mol. The Morgan fingerprint density at radius 1 is 1.29 bits per heavy atom. The summed E-state index contributed by atoms with van der Waals surface area (Å²) in [5.74, 6) is -0.169. The van der Waals surface area contributed by atoms with Crippen LogP contribution in [0.15, 0.2) is 46.4 Å². The molecule has 1 amide bonds. The van der Waals surface area contributed by atoms with Crippen molar-refractivity contribution in [1.82, 2.24) is 9.97 Å². The number of carbonyl (C=O) groups excluding carboxylic acids is 1. The fraction of sp³-hybridized carbons (Fsp3) is 0.364. The molecule has 0 unspecified atom stereocenters. The van der Waals surface area contributed by atoms with Crippen LogP contribution in [-0.4, -0.2) is 73.9 Å². The third-order valence-electron chi connectivity index (χ3n) is 5.21. The lowest BCUT2D eigenvalue weighted by Gasteiger charge is -2.11. The number of aliphatic hydroxyl groups is 1. The van der Waals surface area contributed by atoms with Gasteiger partial charge in [-0.05, 0) is 24.6 Å². The molecule has 11 nitrogen and oxygen atoms in total. The number of sulfone groups is 1. The first-order valence-corrected chi connectivity index (χ1v) is 13.1. The molecule has 13 heteroatoms. The van der Waals surface area contributed by atoms with E-state index in [0.717, 1.165) is 0 Å². The molecule has 2 N–H and O–H groups in total. The van der Waals surface area contributed by atoms with Crippen LogP contribution in [0, 0.1) is 0 Å². The van der Waals surface area contributed by atoms with Crippen LogP contribution in [0.25, 0.3) is 10.3 Å². The number of aliphatic hydroxyl groups excluding tert-OH is 1. The third-order valence-corrected chi connectivity index (χ3v) is 8.27. The Balaban J connectivity index is 0.00000361. The van der Waals surface area contributed by atoms with Gasteiger partial charge in [0.15, 0.2) is 20.7 Å². The highest BCUT2D eigenvalue weighted by Crippen LogP contribution is 2.27. The molecule has 0 radical (unpaired) electrons. The molecule has 1 aromatic carbocycles. The van der Waals surface area contributed by atoms with E-state index in [9.17, 15) is 13.2 Å². The van der Waals surface area contributed by atoms with Gasteiger partial charge in [0.2, 0.25) is 5.88 Å². The maximum Gasteiger partial charge on any atom is 0.280 e. The van der Waals surface area contributed by atoms with Gasteiger partial charge >= 0.3 is 0 Å². The second-order valence-electron chi connectivity index (χ2n) is 7.56. The molecule has 0 aliphatic carbocycles. The van der Waals surface area contributed by atoms with Crippen molar-refractivity contribution < 1.29 is 34.1 Å². The van der Waals surface area contributed by atoms with E-state index in [1.807, 2.05) is 0 Å². The SMILES string of the molecule is COc1ccc2nc(NC(=O)/C(=N/OCCCO)c3ccc(S(=O)(=O)[C@H]4CCOC4)cc3)sc2n1.[HH]. The van der Waals surface area contributed by atoms with Crippen molar-refractivity contribution in [2.45, 2.75) is 23.0 Å². The zero-order valence-corrected chi connectivity index (χ0v) is 20.5. The van der Waals surface area contributed by atoms with E-state index < -0.39 is 21.0 Å². The number of methoxy groups -OCH3 is 1. The number of nitrogens with one attached hydrogen (secondary N) is 1. The van der Waals surface area contributed by atoms with Crippen LogP contribution in [0.3, 0.4) is 0 Å². The molecular formula is C22H26N4O7S2. The minimum Gasteiger partial charge on any atom is -0.481 e. The molecular weight excluding hydrogens is 496 g/mol. The van der Waals surface area contributed by atoms with Crippen LogP contribution < -0.4 is 10.1 Å². The van der Waals surface area contributed by atoms with Gasteiger partial charge in [-0.3, -0.25) is 10.1 Å². The number of oxime groups is 1. The Morgan fingerprint density at radius 2 is 2.09 bits per heavy atom. The first kappa shape index (κ1) is 25.0. The van der Waals surface area contributed by atoms with E-state index in [1.54, 1.807) is 12.1 Å². The zero-order chi connectivity index (χ0) is 24.8. The number of pyridine rings is 1. The summed E-state index contributed by atoms with van der Waals surface area (Å²) in [6.45, 7) is 0.599. The highest BCUT2D eigenvalue weighted by molar-refractivity contribution is 7.92. The molecule has 188 valence electrons. The van der Waals surface area contributed by atoms with Crippen LogP contribution in [0.1, 0.15) is 19.8 Å². The van der Waals surface area contributed by atoms with Gasteiger partial charge in [0.05, 0.1) is 23.9 Å². The summed E-state index contributed by atoms with van der Waals surface area (Å²) in [4.78, 5) is 27.7. The fourth-order valence-corrected chi connectivity index (χ4v) is 5.75. The topological polar surface area (TPSA) is 149 Å². The number of amides is 1. The predicted octanol–water partition coefficient (Wildman–Crippen LogP) is 2.25. The summed E-state index contributed by atoms with van der Waals surface area (Å²) in [6.07, 6.45) is 0.783. The number of aromatic nitrogens is 2. The Kier molecular flexibility index (Phi) is 7.90. The smallest absolute Gasteiger partial charge is 0.280 e. The number of benzene rings is 1. The number of nitrogens with zero attached hydrogens (tertiary/aromatic N) is 3. The Bertz CT molecular complexity index is 1320. The van der Waals surface area contributed by atoms with Gasteiger partial charge in [0, 0.05) is 32.7 Å². The first-order valence-electron chi connectivity index (χ1n) is 10.8. The van der Waals surface area contributed by atoms with E-state index in [-0.39, 0.29) is 31.9 Å². The number of ether oxygens (including phenoxy) is 2. The third kappa shape index (κ3) is 5.75. The van der Waals surface area contributed by atoms with Crippen molar-refractivity contribution >= 4 is 48.3 Å². The van der Waals surface area contributed by atoms with E-state index in [4.69, 9.17) is 19.4 Å². The maximum absolute atomic E-state index is 13.1. The molecule has 4 rings (SSSR count). The molecule has 0 spiro atoms. The monoisotopic (exact) mass is 522 g/mol. The normalized spacial score (nSPS) is 16.4. The molecule has 0 bridgehead atoms. The molecule has 1 atom stereocenters. The number of fused-ring (bicyclic) bond motifs is 1. The van der Waals surface area contributed by atoms with Crippen molar-refractivity contribution in [3.63, 3.8) is 0 Å². The first-order chi connectivity index (χ1) is 16.9. The molecule has 1 aliphatic rings. The van der Waals surface area contributed by atoms with Gasteiger partial charge in [-0.2, -0.15) is 0 Å². The van der Waals surface area contributed by atoms with Crippen LogP contribution in [0.5, 0.6) is 5.88 Å². The molecule has 3 aromatic rings. The van der Waals surface area contributed by atoms with Crippen molar-refractivity contribution in [1.29, 1.82) is 0 Å². The zero-order valence-electron chi connectivity index (χ0n) is 18.8. The highest BCUT2D eigenvalue weighted by atomic mass is 32.2. The molecule has 1 fully saturated rings. The van der Waals surface area contributed by atoms with Gasteiger partial charge in [-0.1, -0.05) is 28.6 Å². The average Bonchev–Trinajstić information content (AvgIpc) is 3.54. The predicted molar refractivity (Wildman–Crippen MR) is 132 cm³/mol. The molecule has 35 heavy (non-hydrogen) atoms. The standard InChI is InChI=1S/C22H24N4O7S2.H2/c1-31-18-8-7-17-21(24-18)34-22(23-17)25-20(28)19(26-33-11-2-10-27)14-3-5-15(6-4-14)35(29,30)16-9-12-32-13-16;/h3-8,16,27H,2,9-13H2,1H3,(H,23,25,28);1H/b26-19+;/t16-;/m0./s1. The van der Waals surface area contributed by atoms with E-state index in [1.165, 1.54) is 42.7 Å². The summed E-state index contributed by atoms with van der Waals surface area (Å²) in [6, 6.07) is 9.28. The lowest BCUT2D eigenvalue weighted by Crippen LogP contribution is -2.25. The van der Waals surface area contributed by atoms with Crippen LogP contribution in [-0.2, 0) is 24.2 Å². The molecule has 3 heterocycles. The van der Waals surface area contributed by atoms with Crippen LogP contribution in [0.2, 0.25) is 0 Å². The summed E-state index contributed by atoms with van der Waals surface area (Å²) >= 11 is 1.17. The summed E-state index contributed by atoms with van der Waals surface area (Å²) in [5, 5.41) is 15.3. The number of carbonyl (C=O) groups is 1. The second-order valence-corrected chi connectivity index (χ2v) is 10.8. The Hall–Kier alpha value is -3.13. The summed E-state index contributed by atoms with van der Waals surface area (Å²) < 4.78 is 35.9. The fourth-order valence-electron chi connectivity index (χ4n) is 3.34. The molecule has 0 saturated carbocycles. The van der Waals surface area contributed by atoms with Gasteiger partial charge < -0.3 is 19.4 Å².